The van der Waals surface area contributed by atoms with Crippen molar-refractivity contribution in [1.82, 2.24) is 19.7 Å². The number of hydrogen-bond acceptors (Lipinski definition) is 4. The monoisotopic (exact) mass is 367 g/mol. The maximum Gasteiger partial charge on any atom is 0.260 e. The van der Waals surface area contributed by atoms with Crippen LogP contribution in [0.15, 0.2) is 6.33 Å². The number of alkyl halides is 2. The average molecular weight is 367 g/mol. The second kappa shape index (κ2) is 7.48. The lowest BCUT2D eigenvalue weighted by atomic mass is 9.85. The zero-order valence-electron chi connectivity index (χ0n) is 15.0. The number of anilines is 1. The summed E-state index contributed by atoms with van der Waals surface area (Å²) in [5.41, 5.74) is 0. The average Bonchev–Trinajstić information content (AvgIpc) is 3.32. The second-order valence-electron chi connectivity index (χ2n) is 7.99. The number of likely N-dealkylation sites (tertiary alicyclic amines) is 1. The number of nitrogens with zero attached hydrogens (tertiary/aromatic N) is 4. The Balaban J connectivity index is 1.32. The minimum absolute atomic E-state index is 0.0298. The summed E-state index contributed by atoms with van der Waals surface area (Å²) in [7, 11) is 0. The molecule has 8 heteroatoms. The molecule has 26 heavy (non-hydrogen) atoms. The summed E-state index contributed by atoms with van der Waals surface area (Å²) in [4.78, 5) is 18.6. The number of halogens is 2. The van der Waals surface area contributed by atoms with Crippen LogP contribution in [0.1, 0.15) is 57.4 Å². The van der Waals surface area contributed by atoms with E-state index in [0.29, 0.717) is 24.7 Å². The molecule has 2 aliphatic heterocycles. The van der Waals surface area contributed by atoms with Crippen LogP contribution in [-0.4, -0.2) is 51.1 Å². The van der Waals surface area contributed by atoms with Gasteiger partial charge in [0, 0.05) is 25.6 Å². The van der Waals surface area contributed by atoms with E-state index in [0.717, 1.165) is 25.9 Å². The quantitative estimate of drug-likeness (QED) is 0.888. The number of carbonyl (C=O) groups is 1. The van der Waals surface area contributed by atoms with E-state index in [2.05, 4.69) is 15.4 Å². The zero-order valence-corrected chi connectivity index (χ0v) is 15.0. The van der Waals surface area contributed by atoms with Crippen molar-refractivity contribution in [3.63, 3.8) is 0 Å². The molecule has 4 rings (SSSR count). The molecule has 1 N–H and O–H groups in total. The predicted octanol–water partition coefficient (Wildman–Crippen LogP) is 3.09. The molecule has 2 fully saturated rings. The van der Waals surface area contributed by atoms with Gasteiger partial charge < -0.3 is 10.2 Å². The van der Waals surface area contributed by atoms with Crippen molar-refractivity contribution in [3.05, 3.63) is 6.33 Å². The van der Waals surface area contributed by atoms with Gasteiger partial charge in [-0.05, 0) is 43.9 Å². The van der Waals surface area contributed by atoms with Crippen molar-refractivity contribution in [2.45, 2.75) is 69.9 Å². The molecule has 0 unspecified atom stereocenters. The number of fused-ring (bicyclic) bond motifs is 1. The van der Waals surface area contributed by atoms with Gasteiger partial charge in [0.2, 0.25) is 11.9 Å². The number of amides is 1. The van der Waals surface area contributed by atoms with Gasteiger partial charge in [0.15, 0.2) is 0 Å². The molecule has 1 saturated heterocycles. The molecule has 6 nitrogen and oxygen atoms in total. The van der Waals surface area contributed by atoms with Gasteiger partial charge in [0.05, 0.1) is 0 Å². The van der Waals surface area contributed by atoms with Gasteiger partial charge in [-0.1, -0.05) is 12.8 Å². The molecule has 2 atom stereocenters. The van der Waals surface area contributed by atoms with Gasteiger partial charge in [-0.15, -0.1) is 0 Å². The minimum atomic E-state index is -2.45. The van der Waals surface area contributed by atoms with E-state index in [1.54, 1.807) is 0 Å². The lowest BCUT2D eigenvalue weighted by molar-refractivity contribution is -0.133. The fraction of sp³-hybridized carbons (Fsp3) is 0.833. The minimum Gasteiger partial charge on any atom is -0.351 e. The molecular formula is C18H27F2N5O. The van der Waals surface area contributed by atoms with Crippen LogP contribution >= 0.6 is 0 Å². The molecule has 1 saturated carbocycles. The van der Waals surface area contributed by atoms with E-state index in [-0.39, 0.29) is 17.9 Å². The Morgan fingerprint density at radius 2 is 1.96 bits per heavy atom. The Morgan fingerprint density at radius 1 is 1.23 bits per heavy atom. The highest BCUT2D eigenvalue weighted by atomic mass is 19.3. The summed E-state index contributed by atoms with van der Waals surface area (Å²) in [6.45, 7) is 1.47. The molecule has 144 valence electrons. The van der Waals surface area contributed by atoms with Gasteiger partial charge in [-0.25, -0.2) is 13.5 Å². The topological polar surface area (TPSA) is 63.1 Å². The molecule has 1 amide bonds. The SMILES string of the molecule is O=C(CC1CCCC1)N1CCC([C@@H]2C[C@H](C(F)F)n3ncnc3N2)CC1. The molecular weight excluding hydrogens is 340 g/mol. The van der Waals surface area contributed by atoms with Gasteiger partial charge >= 0.3 is 0 Å². The van der Waals surface area contributed by atoms with Gasteiger partial charge in [-0.3, -0.25) is 4.79 Å². The summed E-state index contributed by atoms with van der Waals surface area (Å²) < 4.78 is 28.1. The van der Waals surface area contributed by atoms with E-state index >= 15 is 0 Å². The van der Waals surface area contributed by atoms with E-state index in [9.17, 15) is 13.6 Å². The number of hydrogen-bond donors (Lipinski definition) is 1. The van der Waals surface area contributed by atoms with Gasteiger partial charge in [0.1, 0.15) is 12.4 Å². The number of carbonyl (C=O) groups excluding carboxylic acids is 1. The highest BCUT2D eigenvalue weighted by Crippen LogP contribution is 2.36. The molecule has 0 radical (unpaired) electrons. The van der Waals surface area contributed by atoms with Crippen molar-refractivity contribution in [3.8, 4) is 0 Å². The Morgan fingerprint density at radius 3 is 2.65 bits per heavy atom. The normalized spacial score (nSPS) is 27.6. The number of nitrogens with one attached hydrogen (secondary N) is 1. The lowest BCUT2D eigenvalue weighted by Gasteiger charge is -2.40. The molecule has 0 bridgehead atoms. The third-order valence-corrected chi connectivity index (χ3v) is 6.39. The Bertz CT molecular complexity index is 623. The van der Waals surface area contributed by atoms with Crippen molar-refractivity contribution in [1.29, 1.82) is 0 Å². The first kappa shape index (κ1) is 17.7. The van der Waals surface area contributed by atoms with E-state index in [4.69, 9.17) is 0 Å². The number of piperidine rings is 1. The number of rotatable bonds is 4. The third-order valence-electron chi connectivity index (χ3n) is 6.39. The van der Waals surface area contributed by atoms with Crippen LogP contribution in [0.25, 0.3) is 0 Å². The Labute approximate surface area is 152 Å². The molecule has 1 aromatic heterocycles. The summed E-state index contributed by atoms with van der Waals surface area (Å²) in [6, 6.07) is -0.946. The molecule has 3 aliphatic rings. The molecule has 0 aromatic carbocycles. The van der Waals surface area contributed by atoms with Gasteiger partial charge in [-0.2, -0.15) is 10.1 Å². The van der Waals surface area contributed by atoms with Crippen molar-refractivity contribution in [2.75, 3.05) is 18.4 Å². The lowest BCUT2D eigenvalue weighted by Crippen LogP contribution is -2.46. The molecule has 3 heterocycles. The highest BCUT2D eigenvalue weighted by molar-refractivity contribution is 5.76. The second-order valence-corrected chi connectivity index (χ2v) is 7.99. The first-order chi connectivity index (χ1) is 12.6. The van der Waals surface area contributed by atoms with Crippen LogP contribution in [0, 0.1) is 11.8 Å². The van der Waals surface area contributed by atoms with Crippen LogP contribution in [0.5, 0.6) is 0 Å². The fourth-order valence-corrected chi connectivity index (χ4v) is 4.84. The fourth-order valence-electron chi connectivity index (χ4n) is 4.84. The number of aromatic nitrogens is 3. The summed E-state index contributed by atoms with van der Waals surface area (Å²) in [5, 5.41) is 7.22. The summed E-state index contributed by atoms with van der Waals surface area (Å²) in [5.74, 6) is 1.57. The third kappa shape index (κ3) is 3.55. The van der Waals surface area contributed by atoms with Crippen molar-refractivity contribution < 1.29 is 13.6 Å². The van der Waals surface area contributed by atoms with Gasteiger partial charge in [0.25, 0.3) is 6.43 Å². The van der Waals surface area contributed by atoms with Crippen LogP contribution in [0.3, 0.4) is 0 Å². The first-order valence-electron chi connectivity index (χ1n) is 9.84. The van der Waals surface area contributed by atoms with Crippen molar-refractivity contribution >= 4 is 11.9 Å². The maximum absolute atomic E-state index is 13.4. The summed E-state index contributed by atoms with van der Waals surface area (Å²) in [6.07, 6.45) is 6.51. The van der Waals surface area contributed by atoms with Crippen molar-refractivity contribution in [2.24, 2.45) is 11.8 Å². The van der Waals surface area contributed by atoms with Crippen LogP contribution < -0.4 is 5.32 Å². The standard InChI is InChI=1S/C18H27F2N5O/c19-17(20)15-10-14(23-18-21-11-22-25(15)18)13-5-7-24(8-6-13)16(26)9-12-3-1-2-4-12/h11-15,17H,1-10H2,(H,21,22,23)/t14-,15+/m0/s1. The van der Waals surface area contributed by atoms with Crippen LogP contribution in [0.4, 0.5) is 14.7 Å². The Hall–Kier alpha value is -1.73. The summed E-state index contributed by atoms with van der Waals surface area (Å²) >= 11 is 0. The van der Waals surface area contributed by atoms with Crippen LogP contribution in [-0.2, 0) is 4.79 Å². The van der Waals surface area contributed by atoms with Crippen LogP contribution in [0.2, 0.25) is 0 Å². The largest absolute Gasteiger partial charge is 0.351 e. The maximum atomic E-state index is 13.4. The first-order valence-corrected chi connectivity index (χ1v) is 9.84. The smallest absolute Gasteiger partial charge is 0.260 e. The van der Waals surface area contributed by atoms with E-state index in [1.807, 2.05) is 4.90 Å². The van der Waals surface area contributed by atoms with E-state index in [1.165, 1.54) is 36.7 Å². The molecule has 1 aliphatic carbocycles. The zero-order chi connectivity index (χ0) is 18.1. The molecule has 0 spiro atoms. The molecule has 1 aromatic rings. The van der Waals surface area contributed by atoms with E-state index < -0.39 is 12.5 Å². The predicted molar refractivity (Wildman–Crippen MR) is 93.0 cm³/mol. The highest BCUT2D eigenvalue weighted by Gasteiger charge is 2.38. The Kier molecular flexibility index (Phi) is 5.09.